The molecule has 0 saturated carbocycles. The van der Waals surface area contributed by atoms with E-state index in [1.165, 1.54) is 18.2 Å². The fourth-order valence-electron chi connectivity index (χ4n) is 2.22. The van der Waals surface area contributed by atoms with Gasteiger partial charge in [0.05, 0.1) is 11.3 Å². The van der Waals surface area contributed by atoms with Gasteiger partial charge in [0.2, 0.25) is 10.0 Å². The molecule has 2 N–H and O–H groups in total. The van der Waals surface area contributed by atoms with Crippen molar-refractivity contribution in [3.05, 3.63) is 35.4 Å². The molecule has 4 nitrogen and oxygen atoms in total. The number of hydrogen-bond donors (Lipinski definition) is 1. The van der Waals surface area contributed by atoms with Crippen LogP contribution in [0.4, 0.5) is 13.2 Å². The molecule has 1 aromatic rings. The van der Waals surface area contributed by atoms with E-state index >= 15 is 0 Å². The fraction of sp³-hybridized carbons (Fsp3) is 0.500. The van der Waals surface area contributed by atoms with Crippen molar-refractivity contribution in [2.45, 2.75) is 24.4 Å². The Hall–Kier alpha value is -1.12. The molecule has 0 radical (unpaired) electrons. The molecule has 1 heterocycles. The maximum absolute atomic E-state index is 12.8. The van der Waals surface area contributed by atoms with Crippen molar-refractivity contribution < 1.29 is 21.6 Å². The van der Waals surface area contributed by atoms with E-state index in [0.29, 0.717) is 6.42 Å². The summed E-state index contributed by atoms with van der Waals surface area (Å²) in [5, 5.41) is 0. The van der Waals surface area contributed by atoms with Crippen LogP contribution in [-0.2, 0) is 22.0 Å². The lowest BCUT2D eigenvalue weighted by atomic mass is 10.1. The lowest BCUT2D eigenvalue weighted by Crippen LogP contribution is -2.33. The average molecular weight is 308 g/mol. The number of halogens is 3. The molecule has 0 spiro atoms. The number of nitrogens with two attached hydrogens (primary N) is 1. The van der Waals surface area contributed by atoms with E-state index in [1.54, 1.807) is 0 Å². The SMILES string of the molecule is N[C@H]1CCN(S(=O)(=O)Cc2ccccc2C(F)(F)F)C1. The first-order chi connectivity index (χ1) is 9.20. The van der Waals surface area contributed by atoms with Crippen molar-refractivity contribution in [2.75, 3.05) is 13.1 Å². The molecule has 0 unspecified atom stereocenters. The molecule has 20 heavy (non-hydrogen) atoms. The molecule has 1 aliphatic heterocycles. The summed E-state index contributed by atoms with van der Waals surface area (Å²) in [6.45, 7) is 0.425. The minimum absolute atomic E-state index is 0.163. The third-order valence-corrected chi connectivity index (χ3v) is 5.04. The van der Waals surface area contributed by atoms with Crippen molar-refractivity contribution in [1.29, 1.82) is 0 Å². The van der Waals surface area contributed by atoms with Gasteiger partial charge in [0.15, 0.2) is 0 Å². The molecule has 1 saturated heterocycles. The predicted octanol–water partition coefficient (Wildman–Crippen LogP) is 1.57. The lowest BCUT2D eigenvalue weighted by molar-refractivity contribution is -0.138. The first-order valence-corrected chi connectivity index (χ1v) is 7.69. The molecule has 8 heteroatoms. The van der Waals surface area contributed by atoms with Crippen molar-refractivity contribution in [2.24, 2.45) is 5.73 Å². The minimum atomic E-state index is -4.56. The monoisotopic (exact) mass is 308 g/mol. The molecule has 0 aliphatic carbocycles. The zero-order chi connectivity index (χ0) is 15.0. The molecule has 1 aromatic carbocycles. The van der Waals surface area contributed by atoms with Gasteiger partial charge in [-0.3, -0.25) is 0 Å². The molecule has 1 aliphatic rings. The summed E-state index contributed by atoms with van der Waals surface area (Å²) in [5.41, 5.74) is 4.48. The van der Waals surface area contributed by atoms with E-state index in [2.05, 4.69) is 0 Å². The molecule has 2 rings (SSSR count). The molecule has 1 fully saturated rings. The molecule has 0 amide bonds. The Morgan fingerprint density at radius 2 is 1.95 bits per heavy atom. The highest BCUT2D eigenvalue weighted by atomic mass is 32.2. The van der Waals surface area contributed by atoms with E-state index in [1.807, 2.05) is 0 Å². The summed E-state index contributed by atoms with van der Waals surface area (Å²) >= 11 is 0. The fourth-order valence-corrected chi connectivity index (χ4v) is 3.85. The molecular weight excluding hydrogens is 293 g/mol. The lowest BCUT2D eigenvalue weighted by Gasteiger charge is -2.18. The summed E-state index contributed by atoms with van der Waals surface area (Å²) in [5.74, 6) is -0.657. The van der Waals surface area contributed by atoms with Gasteiger partial charge in [-0.15, -0.1) is 0 Å². The zero-order valence-corrected chi connectivity index (χ0v) is 11.4. The Morgan fingerprint density at radius 3 is 2.50 bits per heavy atom. The molecule has 0 bridgehead atoms. The van der Waals surface area contributed by atoms with E-state index < -0.39 is 27.5 Å². The van der Waals surface area contributed by atoms with Crippen molar-refractivity contribution in [3.63, 3.8) is 0 Å². The second-order valence-electron chi connectivity index (χ2n) is 4.82. The first kappa shape index (κ1) is 15.3. The zero-order valence-electron chi connectivity index (χ0n) is 10.6. The van der Waals surface area contributed by atoms with E-state index in [-0.39, 0.29) is 24.7 Å². The third-order valence-electron chi connectivity index (χ3n) is 3.24. The third kappa shape index (κ3) is 3.31. The largest absolute Gasteiger partial charge is 0.416 e. The van der Waals surface area contributed by atoms with Crippen LogP contribution < -0.4 is 5.73 Å². The molecule has 1 atom stereocenters. The van der Waals surface area contributed by atoms with Crippen LogP contribution in [0.3, 0.4) is 0 Å². The summed E-state index contributed by atoms with van der Waals surface area (Å²) in [7, 11) is -3.78. The number of alkyl halides is 3. The predicted molar refractivity (Wildman–Crippen MR) is 68.2 cm³/mol. The topological polar surface area (TPSA) is 63.4 Å². The smallest absolute Gasteiger partial charge is 0.326 e. The second kappa shape index (κ2) is 5.34. The van der Waals surface area contributed by atoms with Crippen LogP contribution in [-0.4, -0.2) is 31.9 Å². The van der Waals surface area contributed by atoms with Gasteiger partial charge in [-0.1, -0.05) is 18.2 Å². The number of rotatable bonds is 3. The highest BCUT2D eigenvalue weighted by Crippen LogP contribution is 2.33. The van der Waals surface area contributed by atoms with Gasteiger partial charge in [0.1, 0.15) is 0 Å². The summed E-state index contributed by atoms with van der Waals surface area (Å²) in [6.07, 6.45) is -4.03. The molecule has 0 aromatic heterocycles. The number of sulfonamides is 1. The maximum Gasteiger partial charge on any atom is 0.416 e. The van der Waals surface area contributed by atoms with Gasteiger partial charge in [0.25, 0.3) is 0 Å². The van der Waals surface area contributed by atoms with E-state index in [0.717, 1.165) is 10.4 Å². The average Bonchev–Trinajstić information content (AvgIpc) is 2.75. The molecular formula is C12H15F3N2O2S. The van der Waals surface area contributed by atoms with Gasteiger partial charge < -0.3 is 5.73 Å². The Kier molecular flexibility index (Phi) is 4.08. The number of nitrogens with zero attached hydrogens (tertiary/aromatic N) is 1. The summed E-state index contributed by atoms with van der Waals surface area (Å²) < 4.78 is 63.9. The number of benzene rings is 1. The Labute approximate surface area is 115 Å². The maximum atomic E-state index is 12.8. The minimum Gasteiger partial charge on any atom is -0.326 e. The van der Waals surface area contributed by atoms with Crippen LogP contribution in [0.1, 0.15) is 17.5 Å². The van der Waals surface area contributed by atoms with E-state index in [9.17, 15) is 21.6 Å². The Balaban J connectivity index is 2.26. The number of hydrogen-bond acceptors (Lipinski definition) is 3. The highest BCUT2D eigenvalue weighted by molar-refractivity contribution is 7.88. The quantitative estimate of drug-likeness (QED) is 0.922. The van der Waals surface area contributed by atoms with Crippen molar-refractivity contribution in [3.8, 4) is 0 Å². The van der Waals surface area contributed by atoms with Gasteiger partial charge in [-0.05, 0) is 18.1 Å². The van der Waals surface area contributed by atoms with E-state index in [4.69, 9.17) is 5.73 Å². The summed E-state index contributed by atoms with van der Waals surface area (Å²) in [6, 6.07) is 4.47. The highest BCUT2D eigenvalue weighted by Gasteiger charge is 2.36. The normalized spacial score (nSPS) is 21.3. The van der Waals surface area contributed by atoms with Gasteiger partial charge >= 0.3 is 6.18 Å². The second-order valence-corrected chi connectivity index (χ2v) is 6.79. The Morgan fingerprint density at radius 1 is 1.30 bits per heavy atom. The van der Waals surface area contributed by atoms with Gasteiger partial charge in [-0.25, -0.2) is 12.7 Å². The Bertz CT molecular complexity index is 587. The van der Waals surface area contributed by atoms with Crippen LogP contribution in [0.15, 0.2) is 24.3 Å². The van der Waals surface area contributed by atoms with Crippen LogP contribution in [0.2, 0.25) is 0 Å². The van der Waals surface area contributed by atoms with Crippen LogP contribution in [0.5, 0.6) is 0 Å². The first-order valence-electron chi connectivity index (χ1n) is 6.08. The standard InChI is InChI=1S/C12H15F3N2O2S/c13-12(14,15)11-4-2-1-3-9(11)8-20(18,19)17-6-5-10(16)7-17/h1-4,10H,5-8,16H2/t10-/m0/s1. The van der Waals surface area contributed by atoms with Crippen LogP contribution in [0.25, 0.3) is 0 Å². The van der Waals surface area contributed by atoms with Crippen LogP contribution in [0, 0.1) is 0 Å². The van der Waals surface area contributed by atoms with Gasteiger partial charge in [0, 0.05) is 19.1 Å². The van der Waals surface area contributed by atoms with Gasteiger partial charge in [-0.2, -0.15) is 13.2 Å². The van der Waals surface area contributed by atoms with Crippen molar-refractivity contribution in [1.82, 2.24) is 4.31 Å². The summed E-state index contributed by atoms with van der Waals surface area (Å²) in [4.78, 5) is 0. The van der Waals surface area contributed by atoms with Crippen molar-refractivity contribution >= 4 is 10.0 Å². The molecule has 112 valence electrons. The van der Waals surface area contributed by atoms with Crippen LogP contribution >= 0.6 is 0 Å².